The van der Waals surface area contributed by atoms with E-state index in [1.54, 1.807) is 12.1 Å². The van der Waals surface area contributed by atoms with Gasteiger partial charge in [-0.25, -0.2) is 0 Å². The summed E-state index contributed by atoms with van der Waals surface area (Å²) in [6.07, 6.45) is 0.685. The van der Waals surface area contributed by atoms with Gasteiger partial charge in [0, 0.05) is 5.56 Å². The minimum atomic E-state index is -1.96. The number of hydrogen-bond donors (Lipinski definition) is 0. The van der Waals surface area contributed by atoms with Crippen molar-refractivity contribution in [3.8, 4) is 5.75 Å². The van der Waals surface area contributed by atoms with E-state index in [0.29, 0.717) is 27.6 Å². The van der Waals surface area contributed by atoms with E-state index in [4.69, 9.17) is 27.6 Å². The van der Waals surface area contributed by atoms with E-state index in [-0.39, 0.29) is 5.04 Å². The van der Waals surface area contributed by atoms with Crippen molar-refractivity contribution in [3.63, 3.8) is 0 Å². The summed E-state index contributed by atoms with van der Waals surface area (Å²) in [5, 5.41) is 0.862. The Morgan fingerprint density at radius 2 is 1.72 bits per heavy atom. The van der Waals surface area contributed by atoms with Crippen molar-refractivity contribution in [3.05, 3.63) is 27.7 Å². The molecule has 0 saturated carbocycles. The van der Waals surface area contributed by atoms with Crippen LogP contribution in [0.3, 0.4) is 0 Å². The minimum absolute atomic E-state index is 0.0755. The van der Waals surface area contributed by atoms with Crippen LogP contribution in [-0.4, -0.2) is 14.6 Å². The average Bonchev–Trinajstić information content (AvgIpc) is 2.21. The lowest BCUT2D eigenvalue weighted by Crippen LogP contribution is -2.43. The summed E-state index contributed by atoms with van der Waals surface area (Å²) in [6, 6.07) is 3.16. The highest BCUT2D eigenvalue weighted by Crippen LogP contribution is 2.40. The smallest absolute Gasteiger partial charge is 0.250 e. The third-order valence-corrected chi connectivity index (χ3v) is 8.31. The molecule has 0 fully saturated rings. The fourth-order valence-electron chi connectivity index (χ4n) is 1.14. The molecule has 1 aromatic rings. The number of benzene rings is 1. The predicted molar refractivity (Wildman–Crippen MR) is 79.7 cm³/mol. The molecule has 2 nitrogen and oxygen atoms in total. The lowest BCUT2D eigenvalue weighted by atomic mass is 10.2. The molecule has 0 spiro atoms. The average molecular weight is 305 g/mol. The fraction of sp³-hybridized carbons (Fsp3) is 0.462. The second-order valence-corrected chi connectivity index (χ2v) is 11.3. The zero-order chi connectivity index (χ0) is 14.1. The first-order valence-electron chi connectivity index (χ1n) is 5.72. The van der Waals surface area contributed by atoms with Crippen molar-refractivity contribution >= 4 is 37.8 Å². The molecule has 1 rings (SSSR count). The summed E-state index contributed by atoms with van der Waals surface area (Å²) < 4.78 is 6.08. The van der Waals surface area contributed by atoms with Gasteiger partial charge in [-0.2, -0.15) is 0 Å². The van der Waals surface area contributed by atoms with E-state index in [1.165, 1.54) is 0 Å². The monoisotopic (exact) mass is 304 g/mol. The molecule has 0 bridgehead atoms. The molecule has 100 valence electrons. The number of halogens is 2. The normalized spacial score (nSPS) is 12.4. The highest BCUT2D eigenvalue weighted by molar-refractivity contribution is 6.74. The van der Waals surface area contributed by atoms with Gasteiger partial charge in [0.05, 0.1) is 10.0 Å². The van der Waals surface area contributed by atoms with Gasteiger partial charge in [0.2, 0.25) is 0 Å². The topological polar surface area (TPSA) is 26.3 Å². The summed E-state index contributed by atoms with van der Waals surface area (Å²) in [5.41, 5.74) is 0.379. The third kappa shape index (κ3) is 3.28. The van der Waals surface area contributed by atoms with Crippen molar-refractivity contribution < 1.29 is 9.22 Å². The third-order valence-electron chi connectivity index (χ3n) is 3.35. The van der Waals surface area contributed by atoms with E-state index in [9.17, 15) is 4.79 Å². The van der Waals surface area contributed by atoms with Gasteiger partial charge in [-0.1, -0.05) is 44.0 Å². The molecule has 0 N–H and O–H groups in total. The SMILES string of the molecule is CC(C)(C)[Si](C)(C)Oc1cc(Cl)c(C=O)cc1Cl. The van der Waals surface area contributed by atoms with Gasteiger partial charge >= 0.3 is 0 Å². The van der Waals surface area contributed by atoms with Crippen LogP contribution in [-0.2, 0) is 0 Å². The molecule has 0 amide bonds. The molecule has 0 heterocycles. The van der Waals surface area contributed by atoms with Gasteiger partial charge in [-0.05, 0) is 30.3 Å². The van der Waals surface area contributed by atoms with Crippen molar-refractivity contribution in [2.45, 2.75) is 38.9 Å². The van der Waals surface area contributed by atoms with Crippen LogP contribution in [0.2, 0.25) is 28.2 Å². The first kappa shape index (κ1) is 15.5. The van der Waals surface area contributed by atoms with Gasteiger partial charge in [0.25, 0.3) is 8.32 Å². The van der Waals surface area contributed by atoms with E-state index in [1.807, 2.05) is 0 Å². The van der Waals surface area contributed by atoms with Crippen molar-refractivity contribution in [2.75, 3.05) is 0 Å². The predicted octanol–water partition coefficient (Wildman–Crippen LogP) is 5.19. The standard InChI is InChI=1S/C13H18Cl2O2Si/c1-13(2,3)18(4,5)17-12-7-10(14)9(8-16)6-11(12)15/h6-8H,1-5H3. The van der Waals surface area contributed by atoms with Crippen molar-refractivity contribution in [2.24, 2.45) is 0 Å². The molecule has 18 heavy (non-hydrogen) atoms. The van der Waals surface area contributed by atoms with Crippen LogP contribution < -0.4 is 4.43 Å². The van der Waals surface area contributed by atoms with Crippen LogP contribution in [0.15, 0.2) is 12.1 Å². The first-order chi connectivity index (χ1) is 8.08. The largest absolute Gasteiger partial charge is 0.542 e. The second kappa shape index (κ2) is 5.23. The summed E-state index contributed by atoms with van der Waals surface area (Å²) in [7, 11) is -1.96. The maximum Gasteiger partial charge on any atom is 0.250 e. The Kier molecular flexibility index (Phi) is 4.52. The maximum absolute atomic E-state index is 10.8. The molecule has 5 heteroatoms. The van der Waals surface area contributed by atoms with Crippen LogP contribution in [0, 0.1) is 0 Å². The first-order valence-corrected chi connectivity index (χ1v) is 9.38. The fourth-order valence-corrected chi connectivity index (χ4v) is 2.64. The van der Waals surface area contributed by atoms with Gasteiger partial charge in [-0.15, -0.1) is 0 Å². The van der Waals surface area contributed by atoms with E-state index in [0.717, 1.165) is 0 Å². The molecule has 0 atom stereocenters. The van der Waals surface area contributed by atoms with Crippen LogP contribution in [0.5, 0.6) is 5.75 Å². The zero-order valence-corrected chi connectivity index (χ0v) is 13.8. The molecule has 0 aromatic heterocycles. The Morgan fingerprint density at radius 1 is 1.17 bits per heavy atom. The Hall–Kier alpha value is -0.513. The Morgan fingerprint density at radius 3 is 2.17 bits per heavy atom. The molecular weight excluding hydrogens is 287 g/mol. The van der Waals surface area contributed by atoms with Crippen molar-refractivity contribution in [1.29, 1.82) is 0 Å². The van der Waals surface area contributed by atoms with Crippen LogP contribution in [0.25, 0.3) is 0 Å². The zero-order valence-electron chi connectivity index (χ0n) is 11.3. The molecule has 1 aromatic carbocycles. The van der Waals surface area contributed by atoms with E-state index < -0.39 is 8.32 Å². The molecular formula is C13H18Cl2O2Si. The molecule has 0 unspecified atom stereocenters. The van der Waals surface area contributed by atoms with Gasteiger partial charge in [-0.3, -0.25) is 4.79 Å². The van der Waals surface area contributed by atoms with Crippen LogP contribution >= 0.6 is 23.2 Å². The van der Waals surface area contributed by atoms with E-state index >= 15 is 0 Å². The molecule has 0 aliphatic heterocycles. The summed E-state index contributed by atoms with van der Waals surface area (Å²) in [4.78, 5) is 10.8. The summed E-state index contributed by atoms with van der Waals surface area (Å²) in [6.45, 7) is 10.7. The number of carbonyl (C=O) groups excluding carboxylic acids is 1. The molecule has 0 aliphatic rings. The van der Waals surface area contributed by atoms with Gasteiger partial charge in [0.15, 0.2) is 6.29 Å². The van der Waals surface area contributed by atoms with Crippen LogP contribution in [0.1, 0.15) is 31.1 Å². The maximum atomic E-state index is 10.8. The number of hydrogen-bond acceptors (Lipinski definition) is 2. The molecule has 0 radical (unpaired) electrons. The second-order valence-electron chi connectivity index (χ2n) is 5.78. The van der Waals surface area contributed by atoms with Gasteiger partial charge in [0.1, 0.15) is 5.75 Å². The van der Waals surface area contributed by atoms with Gasteiger partial charge < -0.3 is 4.43 Å². The Bertz CT molecular complexity index is 465. The highest BCUT2D eigenvalue weighted by Gasteiger charge is 2.39. The number of carbonyl (C=O) groups is 1. The number of rotatable bonds is 3. The lowest BCUT2D eigenvalue weighted by Gasteiger charge is -2.36. The summed E-state index contributed by atoms with van der Waals surface area (Å²) >= 11 is 12.1. The highest BCUT2D eigenvalue weighted by atomic mass is 35.5. The number of aldehydes is 1. The molecule has 0 aliphatic carbocycles. The van der Waals surface area contributed by atoms with Crippen molar-refractivity contribution in [1.82, 2.24) is 0 Å². The lowest BCUT2D eigenvalue weighted by molar-refractivity contribution is 0.112. The quantitative estimate of drug-likeness (QED) is 0.567. The minimum Gasteiger partial charge on any atom is -0.542 e. The Balaban J connectivity index is 3.13. The molecule has 0 saturated heterocycles. The Labute approximate surface area is 119 Å². The summed E-state index contributed by atoms with van der Waals surface area (Å²) in [5.74, 6) is 0.554. The van der Waals surface area contributed by atoms with Crippen LogP contribution in [0.4, 0.5) is 0 Å². The van der Waals surface area contributed by atoms with E-state index in [2.05, 4.69) is 33.9 Å².